The molecule has 0 aliphatic heterocycles. The topological polar surface area (TPSA) is 140 Å². The molecule has 3 aliphatic rings. The molecule has 0 unspecified atom stereocenters. The second-order valence-electron chi connectivity index (χ2n) is 10.6. The van der Waals surface area contributed by atoms with Gasteiger partial charge in [0.1, 0.15) is 0 Å². The highest BCUT2D eigenvalue weighted by Crippen LogP contribution is 2.34. The number of fused-ring (bicyclic) bond motifs is 5. The van der Waals surface area contributed by atoms with Gasteiger partial charge < -0.3 is 21.7 Å². The van der Waals surface area contributed by atoms with Crippen LogP contribution in [-0.4, -0.2) is 60.6 Å². The Balaban J connectivity index is 0.000000647. The lowest BCUT2D eigenvalue weighted by molar-refractivity contribution is 0.0972. The third kappa shape index (κ3) is 14.3. The highest BCUT2D eigenvalue weighted by Gasteiger charge is 2.22. The number of carbonyl (C=O) groups excluding carboxylic acids is 2. The molecule has 0 atom stereocenters. The van der Waals surface area contributed by atoms with Crippen molar-refractivity contribution in [1.29, 1.82) is 0 Å². The number of nitrogens with one attached hydrogen (secondary N) is 1. The van der Waals surface area contributed by atoms with Gasteiger partial charge in [0.25, 0.3) is 0 Å². The summed E-state index contributed by atoms with van der Waals surface area (Å²) in [5, 5.41) is 15.5. The van der Waals surface area contributed by atoms with Crippen LogP contribution in [0.4, 0.5) is 5.95 Å². The summed E-state index contributed by atoms with van der Waals surface area (Å²) in [5.41, 5.74) is 20.0. The summed E-state index contributed by atoms with van der Waals surface area (Å²) in [6, 6.07) is 0. The lowest BCUT2D eigenvalue weighted by atomic mass is 9.90. The van der Waals surface area contributed by atoms with E-state index in [1.165, 1.54) is 34.9 Å². The number of ketones is 2. The largest absolute Gasteiger partial charge is 0.383 e. The Bertz CT molecular complexity index is 1650. The molecule has 0 saturated heterocycles. The van der Waals surface area contributed by atoms with Gasteiger partial charge in [0, 0.05) is 85.4 Å². The highest BCUT2D eigenvalue weighted by atomic mass is 32.1. The molecule has 0 bridgehead atoms. The molecular weight excluding hydrogens is 695 g/mol. The van der Waals surface area contributed by atoms with E-state index in [4.69, 9.17) is 11.5 Å². The molecule has 0 saturated carbocycles. The summed E-state index contributed by atoms with van der Waals surface area (Å²) < 4.78 is 0. The molecule has 5 N–H and O–H groups in total. The van der Waals surface area contributed by atoms with Crippen LogP contribution in [0.1, 0.15) is 111 Å². The Morgan fingerprint density at radius 3 is 1.78 bits per heavy atom. The lowest BCUT2D eigenvalue weighted by Gasteiger charge is -2.16. The lowest BCUT2D eigenvalue weighted by Crippen LogP contribution is -2.21. The number of Topliss-reactive ketones (excluding diaryl/α,β-unsaturated/α-hetero) is 2. The maximum Gasteiger partial charge on any atom is 0.222 e. The standard InChI is InChI=1S/C11H11N3S.C11H13NOS.C8H8OS.C2H7N3.3C2H6.CH4/c1-12-11-13-4-7-2-3-8-5-15-6-9(8)10(7)14-11;1-12(2)5-8-3-4-9-6-14-7-10(9)11(8)13;9-8-3-1-2-6-4-10-5-7(6)8;1-5-2(3)4;3*1-2;/h4-6H,2-3H2,1H3,(H,12,13,14);5-7H,3-4H2,1-2H3;4-5H,1-3H2;1H3,(H4,3,4,5);3*1-2H3;1H4/b;8-5+;;;;;;. The van der Waals surface area contributed by atoms with Gasteiger partial charge in [-0.3, -0.25) is 14.6 Å². The fraction of sp³-hybridized carbons (Fsp3) is 0.462. The van der Waals surface area contributed by atoms with E-state index >= 15 is 0 Å². The molecule has 3 aliphatic carbocycles. The molecule has 7 rings (SSSR count). The minimum atomic E-state index is 0. The minimum Gasteiger partial charge on any atom is -0.383 e. The van der Waals surface area contributed by atoms with Gasteiger partial charge in [-0.15, -0.1) is 0 Å². The van der Waals surface area contributed by atoms with Crippen molar-refractivity contribution in [2.24, 2.45) is 16.5 Å². The maximum atomic E-state index is 11.9. The molecule has 0 fully saturated rings. The number of thiophene rings is 3. The number of carbonyl (C=O) groups is 2. The number of aromatic nitrogens is 2. The number of aliphatic imine (C=N–C) groups is 1. The molecule has 4 aromatic heterocycles. The summed E-state index contributed by atoms with van der Waals surface area (Å²) in [6.07, 6.45) is 10.8. The van der Waals surface area contributed by atoms with Crippen molar-refractivity contribution in [2.45, 2.75) is 93.9 Å². The smallest absolute Gasteiger partial charge is 0.222 e. The third-order valence-corrected chi connectivity index (χ3v) is 9.63. The first kappa shape index (κ1) is 47.1. The van der Waals surface area contributed by atoms with Gasteiger partial charge in [-0.2, -0.15) is 34.0 Å². The van der Waals surface area contributed by atoms with E-state index in [2.05, 4.69) is 41.8 Å². The molecule has 0 spiro atoms. The van der Waals surface area contributed by atoms with E-state index in [0.29, 0.717) is 11.7 Å². The van der Waals surface area contributed by atoms with E-state index in [9.17, 15) is 9.59 Å². The van der Waals surface area contributed by atoms with Gasteiger partial charge in [-0.25, -0.2) is 9.97 Å². The Labute approximate surface area is 319 Å². The van der Waals surface area contributed by atoms with Crippen molar-refractivity contribution in [2.75, 3.05) is 33.5 Å². The number of nitrogens with zero attached hydrogens (tertiary/aromatic N) is 4. The van der Waals surface area contributed by atoms with Crippen LogP contribution in [0, 0.1) is 0 Å². The molecule has 282 valence electrons. The first-order valence-electron chi connectivity index (χ1n) is 17.3. The zero-order valence-corrected chi connectivity index (χ0v) is 34.0. The quantitative estimate of drug-likeness (QED) is 0.104. The summed E-state index contributed by atoms with van der Waals surface area (Å²) in [5.74, 6) is 1.38. The predicted octanol–water partition coefficient (Wildman–Crippen LogP) is 9.54. The Morgan fingerprint density at radius 2 is 1.25 bits per heavy atom. The summed E-state index contributed by atoms with van der Waals surface area (Å²) in [6.45, 7) is 12.0. The van der Waals surface area contributed by atoms with Crippen LogP contribution in [-0.2, 0) is 25.7 Å². The molecule has 0 amide bonds. The number of anilines is 1. The number of guanidine groups is 1. The van der Waals surface area contributed by atoms with E-state index in [-0.39, 0.29) is 19.2 Å². The maximum absolute atomic E-state index is 11.9. The Morgan fingerprint density at radius 1 is 0.765 bits per heavy atom. The van der Waals surface area contributed by atoms with Crippen LogP contribution in [0.15, 0.2) is 55.2 Å². The number of hydrogen-bond donors (Lipinski definition) is 3. The molecule has 0 radical (unpaired) electrons. The van der Waals surface area contributed by atoms with Crippen molar-refractivity contribution < 1.29 is 9.59 Å². The van der Waals surface area contributed by atoms with Gasteiger partial charge >= 0.3 is 0 Å². The van der Waals surface area contributed by atoms with Crippen molar-refractivity contribution in [3.63, 3.8) is 0 Å². The van der Waals surface area contributed by atoms with Gasteiger partial charge in [0.15, 0.2) is 17.5 Å². The molecule has 51 heavy (non-hydrogen) atoms. The molecule has 4 aromatic rings. The first-order chi connectivity index (χ1) is 24.2. The molecular formula is C39H61N7O2S3. The van der Waals surface area contributed by atoms with Crippen LogP contribution >= 0.6 is 34.0 Å². The van der Waals surface area contributed by atoms with Gasteiger partial charge in [0.2, 0.25) is 5.95 Å². The first-order valence-corrected chi connectivity index (χ1v) is 20.2. The van der Waals surface area contributed by atoms with Gasteiger partial charge in [-0.05, 0) is 76.9 Å². The van der Waals surface area contributed by atoms with Crippen molar-refractivity contribution in [1.82, 2.24) is 14.9 Å². The van der Waals surface area contributed by atoms with Crippen LogP contribution < -0.4 is 16.8 Å². The van der Waals surface area contributed by atoms with Crippen molar-refractivity contribution in [3.05, 3.63) is 83.6 Å². The average Bonchev–Trinajstić information content (AvgIpc) is 3.95. The normalized spacial score (nSPS) is 13.3. The molecule has 9 nitrogen and oxygen atoms in total. The van der Waals surface area contributed by atoms with Gasteiger partial charge in [-0.1, -0.05) is 49.0 Å². The number of rotatable bonds is 2. The number of allylic oxidation sites excluding steroid dienone is 1. The number of aryl methyl sites for hydroxylation is 4. The SMILES string of the molecule is C.CC.CC.CC.CN(C)/C=C1\CCc2cscc2C1=O.CN=C(N)N.CNc1ncc2c(n1)-c1cscc1CC2.O=C1CCCc2cscc21. The fourth-order valence-electron chi connectivity index (χ4n) is 4.98. The Hall–Kier alpha value is -3.87. The van der Waals surface area contributed by atoms with Crippen LogP contribution in [0.3, 0.4) is 0 Å². The second-order valence-corrected chi connectivity index (χ2v) is 12.9. The highest BCUT2D eigenvalue weighted by molar-refractivity contribution is 7.08. The predicted molar refractivity (Wildman–Crippen MR) is 225 cm³/mol. The number of hydrogen-bond acceptors (Lipinski definition) is 10. The minimum absolute atomic E-state index is 0. The summed E-state index contributed by atoms with van der Waals surface area (Å²) in [7, 11) is 7.28. The van der Waals surface area contributed by atoms with E-state index in [0.717, 1.165) is 67.3 Å². The van der Waals surface area contributed by atoms with Crippen molar-refractivity contribution in [3.8, 4) is 11.3 Å². The fourth-order valence-corrected chi connectivity index (χ4v) is 7.62. The van der Waals surface area contributed by atoms with E-state index in [1.54, 1.807) is 34.0 Å². The Kier molecular flexibility index (Phi) is 24.0. The molecule has 12 heteroatoms. The zero-order valence-electron chi connectivity index (χ0n) is 31.6. The monoisotopic (exact) mass is 755 g/mol. The number of nitrogens with two attached hydrogens (primary N) is 2. The summed E-state index contributed by atoms with van der Waals surface area (Å²) in [4.78, 5) is 37.2. The van der Waals surface area contributed by atoms with Gasteiger partial charge in [0.05, 0.1) is 5.69 Å². The average molecular weight is 756 g/mol. The van der Waals surface area contributed by atoms with Crippen LogP contribution in [0.5, 0.6) is 0 Å². The third-order valence-electron chi connectivity index (χ3n) is 7.26. The second kappa shape index (κ2) is 26.0. The van der Waals surface area contributed by atoms with E-state index in [1.807, 2.05) is 90.7 Å². The van der Waals surface area contributed by atoms with Crippen molar-refractivity contribution >= 4 is 57.5 Å². The van der Waals surface area contributed by atoms with Crippen LogP contribution in [0.2, 0.25) is 0 Å². The molecule has 0 aromatic carbocycles. The van der Waals surface area contributed by atoms with Crippen LogP contribution in [0.25, 0.3) is 11.3 Å². The molecule has 4 heterocycles. The van der Waals surface area contributed by atoms with E-state index < -0.39 is 0 Å². The summed E-state index contributed by atoms with van der Waals surface area (Å²) >= 11 is 5.01. The zero-order chi connectivity index (χ0) is 37.6.